The van der Waals surface area contributed by atoms with E-state index in [0.29, 0.717) is 0 Å². The van der Waals surface area contributed by atoms with E-state index in [4.69, 9.17) is 0 Å². The van der Waals surface area contributed by atoms with Gasteiger partial charge in [-0.05, 0) is 38.8 Å². The highest BCUT2D eigenvalue weighted by molar-refractivity contribution is 5.81. The van der Waals surface area contributed by atoms with E-state index in [1.165, 1.54) is 5.56 Å². The minimum Gasteiger partial charge on any atom is -0.311 e. The van der Waals surface area contributed by atoms with Crippen LogP contribution in [0.2, 0.25) is 0 Å². The van der Waals surface area contributed by atoms with Crippen molar-refractivity contribution in [1.82, 2.24) is 5.32 Å². The summed E-state index contributed by atoms with van der Waals surface area (Å²) in [6, 6.07) is 10.4. The highest BCUT2D eigenvalue weighted by Gasteiger charge is 2.10. The minimum atomic E-state index is 0.0220. The number of carbonyl (C=O) groups excluding carboxylic acids is 1. The fourth-order valence-electron chi connectivity index (χ4n) is 1.71. The minimum absolute atomic E-state index is 0.0220. The first kappa shape index (κ1) is 11.9. The van der Waals surface area contributed by atoms with Crippen molar-refractivity contribution in [1.29, 1.82) is 0 Å². The maximum absolute atomic E-state index is 11.2. The molecule has 0 aliphatic heterocycles. The molecule has 2 heteroatoms. The van der Waals surface area contributed by atoms with Gasteiger partial charge in [0.25, 0.3) is 0 Å². The zero-order valence-corrected chi connectivity index (χ0v) is 9.49. The first-order valence-electron chi connectivity index (χ1n) is 5.45. The number of hydrogen-bond acceptors (Lipinski definition) is 2. The van der Waals surface area contributed by atoms with Gasteiger partial charge in [0, 0.05) is 0 Å². The molecule has 0 aromatic heterocycles. The molecular formula is C13H19NO. The van der Waals surface area contributed by atoms with Crippen molar-refractivity contribution in [2.24, 2.45) is 0 Å². The molecule has 0 saturated carbocycles. The summed E-state index contributed by atoms with van der Waals surface area (Å²) in [7, 11) is 1.84. The van der Waals surface area contributed by atoms with Crippen LogP contribution in [-0.2, 0) is 11.2 Å². The monoisotopic (exact) mass is 205 g/mol. The van der Waals surface area contributed by atoms with Crippen molar-refractivity contribution in [3.8, 4) is 0 Å². The van der Waals surface area contributed by atoms with Crippen LogP contribution < -0.4 is 5.32 Å². The summed E-state index contributed by atoms with van der Waals surface area (Å²) in [6.07, 6.45) is 3.02. The van der Waals surface area contributed by atoms with E-state index < -0.39 is 0 Å². The molecule has 0 bridgehead atoms. The van der Waals surface area contributed by atoms with E-state index in [1.807, 2.05) is 13.1 Å². The molecule has 1 rings (SSSR count). The maximum Gasteiger partial charge on any atom is 0.146 e. The van der Waals surface area contributed by atoms with Crippen LogP contribution in [0.15, 0.2) is 30.3 Å². The second-order valence-electron chi connectivity index (χ2n) is 3.83. The molecule has 1 atom stereocenters. The van der Waals surface area contributed by atoms with Gasteiger partial charge in [0.1, 0.15) is 5.78 Å². The number of aryl methyl sites for hydroxylation is 1. The average Bonchev–Trinajstić information content (AvgIpc) is 2.25. The summed E-state index contributed by atoms with van der Waals surface area (Å²) >= 11 is 0. The summed E-state index contributed by atoms with van der Waals surface area (Å²) in [4.78, 5) is 11.2. The molecule has 0 amide bonds. The van der Waals surface area contributed by atoms with Gasteiger partial charge in [-0.15, -0.1) is 0 Å². The van der Waals surface area contributed by atoms with Crippen LogP contribution in [0.1, 0.15) is 25.3 Å². The number of benzene rings is 1. The van der Waals surface area contributed by atoms with Crippen molar-refractivity contribution in [3.63, 3.8) is 0 Å². The number of Topliss-reactive ketones (excluding diaryl/α,β-unsaturated/α-hetero) is 1. The van der Waals surface area contributed by atoms with Gasteiger partial charge in [-0.2, -0.15) is 0 Å². The third kappa shape index (κ3) is 4.26. The second kappa shape index (κ2) is 6.36. The van der Waals surface area contributed by atoms with E-state index in [-0.39, 0.29) is 11.8 Å². The lowest BCUT2D eigenvalue weighted by Gasteiger charge is -2.11. The van der Waals surface area contributed by atoms with Crippen molar-refractivity contribution in [3.05, 3.63) is 35.9 Å². The Bertz CT molecular complexity index is 295. The van der Waals surface area contributed by atoms with Crippen molar-refractivity contribution < 1.29 is 4.79 Å². The summed E-state index contributed by atoms with van der Waals surface area (Å²) in [5.41, 5.74) is 1.34. The number of ketones is 1. The first-order valence-corrected chi connectivity index (χ1v) is 5.45. The molecule has 1 aromatic carbocycles. The van der Waals surface area contributed by atoms with Crippen LogP contribution in [0, 0.1) is 0 Å². The average molecular weight is 205 g/mol. The van der Waals surface area contributed by atoms with Gasteiger partial charge in [0.2, 0.25) is 0 Å². The van der Waals surface area contributed by atoms with Gasteiger partial charge in [-0.25, -0.2) is 0 Å². The Morgan fingerprint density at radius 1 is 1.33 bits per heavy atom. The zero-order chi connectivity index (χ0) is 11.1. The number of rotatable bonds is 6. The van der Waals surface area contributed by atoms with E-state index in [2.05, 4.69) is 29.6 Å². The molecule has 0 fully saturated rings. The Labute approximate surface area is 91.7 Å². The van der Waals surface area contributed by atoms with Gasteiger partial charge in [-0.1, -0.05) is 30.3 Å². The van der Waals surface area contributed by atoms with Crippen LogP contribution >= 0.6 is 0 Å². The predicted molar refractivity (Wildman–Crippen MR) is 62.9 cm³/mol. The van der Waals surface area contributed by atoms with Crippen molar-refractivity contribution >= 4 is 5.78 Å². The van der Waals surface area contributed by atoms with Crippen LogP contribution in [0.3, 0.4) is 0 Å². The molecule has 0 radical (unpaired) electrons. The van der Waals surface area contributed by atoms with Crippen LogP contribution in [0.25, 0.3) is 0 Å². The Balaban J connectivity index is 2.30. The molecule has 0 heterocycles. The predicted octanol–water partition coefficient (Wildman–Crippen LogP) is 2.19. The molecule has 0 aliphatic rings. The van der Waals surface area contributed by atoms with Gasteiger partial charge < -0.3 is 5.32 Å². The van der Waals surface area contributed by atoms with E-state index in [0.717, 1.165) is 19.3 Å². The van der Waals surface area contributed by atoms with Gasteiger partial charge in [0.05, 0.1) is 6.04 Å². The zero-order valence-electron chi connectivity index (χ0n) is 9.49. The molecule has 0 saturated heterocycles. The first-order chi connectivity index (χ1) is 7.24. The van der Waals surface area contributed by atoms with Gasteiger partial charge in [-0.3, -0.25) is 4.79 Å². The smallest absolute Gasteiger partial charge is 0.146 e. The van der Waals surface area contributed by atoms with Crippen molar-refractivity contribution in [2.75, 3.05) is 7.05 Å². The quantitative estimate of drug-likeness (QED) is 0.771. The van der Waals surface area contributed by atoms with E-state index in [9.17, 15) is 4.79 Å². The summed E-state index contributed by atoms with van der Waals surface area (Å²) in [5.74, 6) is 0.227. The molecule has 0 aliphatic carbocycles. The largest absolute Gasteiger partial charge is 0.311 e. The summed E-state index contributed by atoms with van der Waals surface area (Å²) in [6.45, 7) is 1.64. The van der Waals surface area contributed by atoms with E-state index >= 15 is 0 Å². The molecule has 1 N–H and O–H groups in total. The molecular weight excluding hydrogens is 186 g/mol. The third-order valence-corrected chi connectivity index (χ3v) is 2.64. The number of likely N-dealkylation sites (N-methyl/N-ethyl adjacent to an activating group) is 1. The fourth-order valence-corrected chi connectivity index (χ4v) is 1.71. The lowest BCUT2D eigenvalue weighted by Crippen LogP contribution is -2.32. The maximum atomic E-state index is 11.2. The highest BCUT2D eigenvalue weighted by Crippen LogP contribution is 2.06. The number of hydrogen-bond donors (Lipinski definition) is 1. The third-order valence-electron chi connectivity index (χ3n) is 2.64. The molecule has 0 unspecified atom stereocenters. The van der Waals surface area contributed by atoms with Crippen LogP contribution in [0.5, 0.6) is 0 Å². The highest BCUT2D eigenvalue weighted by atomic mass is 16.1. The Morgan fingerprint density at radius 3 is 2.53 bits per heavy atom. The SMILES string of the molecule is CN[C@@H](CCCc1ccccc1)C(C)=O. The van der Waals surface area contributed by atoms with Crippen LogP contribution in [0.4, 0.5) is 0 Å². The van der Waals surface area contributed by atoms with E-state index in [1.54, 1.807) is 6.92 Å². The Hall–Kier alpha value is -1.15. The van der Waals surface area contributed by atoms with Crippen LogP contribution in [-0.4, -0.2) is 18.9 Å². The molecule has 1 aromatic rings. The topological polar surface area (TPSA) is 29.1 Å². The lowest BCUT2D eigenvalue weighted by molar-refractivity contribution is -0.119. The van der Waals surface area contributed by atoms with Crippen molar-refractivity contribution in [2.45, 2.75) is 32.2 Å². The molecule has 2 nitrogen and oxygen atoms in total. The van der Waals surface area contributed by atoms with Gasteiger partial charge in [0.15, 0.2) is 0 Å². The second-order valence-corrected chi connectivity index (χ2v) is 3.83. The Kier molecular flexibility index (Phi) is 5.05. The summed E-state index contributed by atoms with van der Waals surface area (Å²) in [5, 5.41) is 3.04. The lowest BCUT2D eigenvalue weighted by atomic mass is 10.0. The standard InChI is InChI=1S/C13H19NO/c1-11(15)13(14-2)10-6-9-12-7-4-3-5-8-12/h3-5,7-8,13-14H,6,9-10H2,1-2H3/t13-/m0/s1. The molecule has 0 spiro atoms. The fraction of sp³-hybridized carbons (Fsp3) is 0.462. The normalized spacial score (nSPS) is 12.4. The molecule has 82 valence electrons. The Morgan fingerprint density at radius 2 is 2.00 bits per heavy atom. The summed E-state index contributed by atoms with van der Waals surface area (Å²) < 4.78 is 0. The van der Waals surface area contributed by atoms with Gasteiger partial charge >= 0.3 is 0 Å². The number of nitrogens with one attached hydrogen (secondary N) is 1. The number of carbonyl (C=O) groups is 1. The molecule has 15 heavy (non-hydrogen) atoms.